The number of benzene rings is 2. The maximum Gasteiger partial charge on any atom is 0.264 e. The normalized spacial score (nSPS) is 21.0. The van der Waals surface area contributed by atoms with Crippen molar-refractivity contribution in [2.75, 3.05) is 49.5 Å². The lowest BCUT2D eigenvalue weighted by Crippen LogP contribution is -2.28. The molecule has 0 N–H and O–H groups in total. The summed E-state index contributed by atoms with van der Waals surface area (Å²) in [5.74, 6) is 0. The standard InChI is InChI=1S/C17H21N3O2S/c1-18-9-4-10-20(12-11-18)14-7-8-15-17-13(14)5-3-6-16(17)23(21,22)19(15)2/h3,5-8H,4,9-12H2,1-2H3. The Balaban J connectivity index is 1.90. The first kappa shape index (κ1) is 14.8. The van der Waals surface area contributed by atoms with Gasteiger partial charge in [-0.3, -0.25) is 4.31 Å². The maximum atomic E-state index is 12.6. The Labute approximate surface area is 137 Å². The molecule has 0 aliphatic carbocycles. The molecule has 0 spiro atoms. The molecule has 0 atom stereocenters. The number of nitrogens with zero attached hydrogens (tertiary/aromatic N) is 3. The Morgan fingerprint density at radius 2 is 1.70 bits per heavy atom. The first-order chi connectivity index (χ1) is 11.0. The Kier molecular flexibility index (Phi) is 3.28. The third-order valence-electron chi connectivity index (χ3n) is 5.00. The second kappa shape index (κ2) is 5.11. The van der Waals surface area contributed by atoms with E-state index >= 15 is 0 Å². The number of hydrogen-bond acceptors (Lipinski definition) is 4. The molecule has 23 heavy (non-hydrogen) atoms. The topological polar surface area (TPSA) is 43.9 Å². The molecule has 1 saturated heterocycles. The van der Waals surface area contributed by atoms with Crippen LogP contribution in [0.15, 0.2) is 35.2 Å². The number of anilines is 2. The first-order valence-corrected chi connectivity index (χ1v) is 9.42. The molecule has 2 aliphatic rings. The van der Waals surface area contributed by atoms with E-state index in [9.17, 15) is 8.42 Å². The van der Waals surface area contributed by atoms with E-state index in [-0.39, 0.29) is 0 Å². The summed E-state index contributed by atoms with van der Waals surface area (Å²) in [5, 5.41) is 1.91. The van der Waals surface area contributed by atoms with Gasteiger partial charge in [0.05, 0.1) is 10.6 Å². The van der Waals surface area contributed by atoms with Crippen LogP contribution in [0.1, 0.15) is 6.42 Å². The Hall–Kier alpha value is -1.79. The van der Waals surface area contributed by atoms with E-state index in [0.717, 1.165) is 54.7 Å². The van der Waals surface area contributed by atoms with Gasteiger partial charge in [0.2, 0.25) is 0 Å². The van der Waals surface area contributed by atoms with Crippen LogP contribution in [0.4, 0.5) is 11.4 Å². The Morgan fingerprint density at radius 3 is 2.52 bits per heavy atom. The van der Waals surface area contributed by atoms with Crippen LogP contribution in [0.25, 0.3) is 10.8 Å². The third kappa shape index (κ3) is 2.12. The van der Waals surface area contributed by atoms with Gasteiger partial charge in [0.15, 0.2) is 0 Å². The number of hydrogen-bond donors (Lipinski definition) is 0. The number of sulfonamides is 1. The van der Waals surface area contributed by atoms with Crippen LogP contribution in [-0.4, -0.2) is 53.6 Å². The summed E-state index contributed by atoms with van der Waals surface area (Å²) >= 11 is 0. The van der Waals surface area contributed by atoms with Gasteiger partial charge in [0, 0.05) is 43.1 Å². The van der Waals surface area contributed by atoms with Gasteiger partial charge in [0.1, 0.15) is 0 Å². The van der Waals surface area contributed by atoms with Crippen molar-refractivity contribution < 1.29 is 8.42 Å². The zero-order valence-electron chi connectivity index (χ0n) is 13.5. The molecule has 2 aliphatic heterocycles. The second-order valence-corrected chi connectivity index (χ2v) is 8.34. The molecule has 2 aromatic rings. The highest BCUT2D eigenvalue weighted by atomic mass is 32.2. The molecule has 2 heterocycles. The average Bonchev–Trinajstić information content (AvgIpc) is 2.70. The van der Waals surface area contributed by atoms with E-state index in [0.29, 0.717) is 4.90 Å². The minimum absolute atomic E-state index is 0.432. The van der Waals surface area contributed by atoms with E-state index < -0.39 is 10.0 Å². The van der Waals surface area contributed by atoms with E-state index in [4.69, 9.17) is 0 Å². The summed E-state index contributed by atoms with van der Waals surface area (Å²) < 4.78 is 26.5. The van der Waals surface area contributed by atoms with Gasteiger partial charge in [-0.15, -0.1) is 0 Å². The minimum Gasteiger partial charge on any atom is -0.370 e. The molecule has 6 heteroatoms. The fourth-order valence-corrected chi connectivity index (χ4v) is 5.09. The van der Waals surface area contributed by atoms with Crippen LogP contribution in [0, 0.1) is 0 Å². The summed E-state index contributed by atoms with van der Waals surface area (Å²) in [6.07, 6.45) is 1.12. The average molecular weight is 331 g/mol. The number of rotatable bonds is 1. The summed E-state index contributed by atoms with van der Waals surface area (Å²) in [6, 6.07) is 9.63. The number of likely N-dealkylation sites (N-methyl/N-ethyl adjacent to an activating group) is 1. The molecule has 0 aromatic heterocycles. The first-order valence-electron chi connectivity index (χ1n) is 7.98. The van der Waals surface area contributed by atoms with Crippen molar-refractivity contribution in [1.29, 1.82) is 0 Å². The largest absolute Gasteiger partial charge is 0.370 e. The van der Waals surface area contributed by atoms with E-state index in [1.54, 1.807) is 13.1 Å². The summed E-state index contributed by atoms with van der Waals surface area (Å²) in [6.45, 7) is 4.11. The summed E-state index contributed by atoms with van der Waals surface area (Å²) in [5.41, 5.74) is 1.93. The van der Waals surface area contributed by atoms with Gasteiger partial charge in [-0.25, -0.2) is 8.42 Å². The molecular weight excluding hydrogens is 310 g/mol. The van der Waals surface area contributed by atoms with Gasteiger partial charge < -0.3 is 9.80 Å². The fourth-order valence-electron chi connectivity index (χ4n) is 3.66. The molecular formula is C17H21N3O2S. The van der Waals surface area contributed by atoms with E-state index in [2.05, 4.69) is 22.9 Å². The third-order valence-corrected chi connectivity index (χ3v) is 6.81. The van der Waals surface area contributed by atoms with Gasteiger partial charge in [-0.2, -0.15) is 0 Å². The van der Waals surface area contributed by atoms with Crippen LogP contribution in [-0.2, 0) is 10.0 Å². The smallest absolute Gasteiger partial charge is 0.264 e. The molecule has 0 saturated carbocycles. The van der Waals surface area contributed by atoms with Crippen molar-refractivity contribution in [3.63, 3.8) is 0 Å². The molecule has 5 nitrogen and oxygen atoms in total. The molecule has 1 fully saturated rings. The highest BCUT2D eigenvalue weighted by Gasteiger charge is 2.34. The molecule has 0 amide bonds. The van der Waals surface area contributed by atoms with Crippen molar-refractivity contribution in [2.45, 2.75) is 11.3 Å². The lowest BCUT2D eigenvalue weighted by atomic mass is 10.1. The zero-order chi connectivity index (χ0) is 16.2. The van der Waals surface area contributed by atoms with Crippen LogP contribution in [0.2, 0.25) is 0 Å². The highest BCUT2D eigenvalue weighted by Crippen LogP contribution is 2.44. The molecule has 122 valence electrons. The Bertz CT molecular complexity index is 879. The van der Waals surface area contributed by atoms with Crippen molar-refractivity contribution >= 4 is 32.2 Å². The van der Waals surface area contributed by atoms with Gasteiger partial charge >= 0.3 is 0 Å². The molecule has 4 rings (SSSR count). The molecule has 0 bridgehead atoms. The van der Waals surface area contributed by atoms with Crippen LogP contribution < -0.4 is 9.21 Å². The Morgan fingerprint density at radius 1 is 0.913 bits per heavy atom. The molecule has 2 aromatic carbocycles. The van der Waals surface area contributed by atoms with Crippen molar-refractivity contribution in [1.82, 2.24) is 4.90 Å². The van der Waals surface area contributed by atoms with Crippen LogP contribution in [0.5, 0.6) is 0 Å². The van der Waals surface area contributed by atoms with Gasteiger partial charge in [0.25, 0.3) is 10.0 Å². The lowest BCUT2D eigenvalue weighted by molar-refractivity contribution is 0.360. The summed E-state index contributed by atoms with van der Waals surface area (Å²) in [7, 11) is 0.388. The zero-order valence-corrected chi connectivity index (χ0v) is 14.3. The minimum atomic E-state index is -3.39. The van der Waals surface area contributed by atoms with Crippen molar-refractivity contribution in [3.05, 3.63) is 30.3 Å². The van der Waals surface area contributed by atoms with E-state index in [1.807, 2.05) is 18.2 Å². The van der Waals surface area contributed by atoms with Gasteiger partial charge in [-0.05, 0) is 38.2 Å². The second-order valence-electron chi connectivity index (χ2n) is 6.40. The predicted octanol–water partition coefficient (Wildman–Crippen LogP) is 2.12. The lowest BCUT2D eigenvalue weighted by Gasteiger charge is -2.25. The van der Waals surface area contributed by atoms with Gasteiger partial charge in [-0.1, -0.05) is 12.1 Å². The monoisotopic (exact) mass is 331 g/mol. The molecule has 0 unspecified atom stereocenters. The quantitative estimate of drug-likeness (QED) is 0.803. The maximum absolute atomic E-state index is 12.6. The van der Waals surface area contributed by atoms with Crippen LogP contribution in [0.3, 0.4) is 0 Å². The summed E-state index contributed by atoms with van der Waals surface area (Å²) in [4.78, 5) is 5.16. The van der Waals surface area contributed by atoms with Crippen molar-refractivity contribution in [3.8, 4) is 0 Å². The fraction of sp³-hybridized carbons (Fsp3) is 0.412. The SMILES string of the molecule is CN1CCCN(c2ccc3c4c(cccc24)S(=O)(=O)N3C)CC1. The van der Waals surface area contributed by atoms with Crippen LogP contribution >= 0.6 is 0 Å². The molecule has 0 radical (unpaired) electrons. The van der Waals surface area contributed by atoms with E-state index in [1.165, 1.54) is 4.31 Å². The predicted molar refractivity (Wildman–Crippen MR) is 93.9 cm³/mol. The van der Waals surface area contributed by atoms with Crippen molar-refractivity contribution in [2.24, 2.45) is 0 Å². The highest BCUT2D eigenvalue weighted by molar-refractivity contribution is 7.93.